The highest BCUT2D eigenvalue weighted by molar-refractivity contribution is 5.76. The van der Waals surface area contributed by atoms with E-state index in [0.29, 0.717) is 5.75 Å². The Hall–Kier alpha value is -2.42. The van der Waals surface area contributed by atoms with Crippen LogP contribution >= 0.6 is 0 Å². The number of nitrogens with zero attached hydrogens (tertiary/aromatic N) is 1. The number of aromatic nitrogens is 1. The Balaban J connectivity index is 2.23. The van der Waals surface area contributed by atoms with E-state index in [1.807, 2.05) is 42.5 Å². The number of para-hydroxylation sites is 1. The first-order valence-corrected chi connectivity index (χ1v) is 5.61. The van der Waals surface area contributed by atoms with Crippen LogP contribution < -0.4 is 4.74 Å². The van der Waals surface area contributed by atoms with Crippen LogP contribution in [0, 0.1) is 0 Å². The molecule has 1 aromatic heterocycles. The van der Waals surface area contributed by atoms with E-state index in [-0.39, 0.29) is 5.97 Å². The van der Waals surface area contributed by atoms with Gasteiger partial charge in [0, 0.05) is 24.9 Å². The van der Waals surface area contributed by atoms with Crippen LogP contribution in [0.25, 0.3) is 12.2 Å². The normalized spacial score (nSPS) is 10.5. The van der Waals surface area contributed by atoms with Gasteiger partial charge in [0.2, 0.25) is 0 Å². The van der Waals surface area contributed by atoms with Gasteiger partial charge in [0.15, 0.2) is 0 Å². The Morgan fingerprint density at radius 3 is 2.72 bits per heavy atom. The van der Waals surface area contributed by atoms with Crippen LogP contribution in [0.5, 0.6) is 5.75 Å². The molecule has 0 N–H and O–H groups in total. The van der Waals surface area contributed by atoms with E-state index in [1.165, 1.54) is 6.92 Å². The second-order valence-electron chi connectivity index (χ2n) is 3.75. The molecule has 0 fully saturated rings. The van der Waals surface area contributed by atoms with Crippen molar-refractivity contribution in [1.29, 1.82) is 0 Å². The monoisotopic (exact) mass is 239 g/mol. The van der Waals surface area contributed by atoms with Crippen LogP contribution in [-0.2, 0) is 4.79 Å². The van der Waals surface area contributed by atoms with Crippen molar-refractivity contribution in [3.8, 4) is 5.75 Å². The molecule has 0 unspecified atom stereocenters. The van der Waals surface area contributed by atoms with Gasteiger partial charge in [-0.3, -0.25) is 9.78 Å². The molecule has 0 saturated heterocycles. The van der Waals surface area contributed by atoms with Crippen LogP contribution in [0.1, 0.15) is 18.1 Å². The minimum atomic E-state index is -0.322. The minimum absolute atomic E-state index is 0.322. The molecule has 1 aromatic carbocycles. The van der Waals surface area contributed by atoms with E-state index < -0.39 is 0 Å². The van der Waals surface area contributed by atoms with Gasteiger partial charge in [-0.1, -0.05) is 36.4 Å². The summed E-state index contributed by atoms with van der Waals surface area (Å²) in [6, 6.07) is 11.2. The third kappa shape index (κ3) is 3.28. The van der Waals surface area contributed by atoms with Crippen molar-refractivity contribution >= 4 is 18.1 Å². The first-order valence-electron chi connectivity index (χ1n) is 5.61. The average Bonchev–Trinajstić information content (AvgIpc) is 2.38. The van der Waals surface area contributed by atoms with Gasteiger partial charge in [0.1, 0.15) is 5.75 Å². The number of esters is 1. The van der Waals surface area contributed by atoms with Gasteiger partial charge in [0.25, 0.3) is 0 Å². The third-order valence-corrected chi connectivity index (χ3v) is 2.31. The highest BCUT2D eigenvalue weighted by atomic mass is 16.5. The molecule has 1 heterocycles. The van der Waals surface area contributed by atoms with Gasteiger partial charge in [-0.25, -0.2) is 0 Å². The maximum absolute atomic E-state index is 11.0. The fourth-order valence-corrected chi connectivity index (χ4v) is 1.53. The maximum atomic E-state index is 11.0. The lowest BCUT2D eigenvalue weighted by Crippen LogP contribution is -2.02. The number of ether oxygens (including phenoxy) is 1. The van der Waals surface area contributed by atoms with Gasteiger partial charge in [0.05, 0.1) is 0 Å². The van der Waals surface area contributed by atoms with Gasteiger partial charge < -0.3 is 4.74 Å². The van der Waals surface area contributed by atoms with Crippen molar-refractivity contribution in [2.24, 2.45) is 0 Å². The largest absolute Gasteiger partial charge is 0.426 e. The molecule has 2 aromatic rings. The van der Waals surface area contributed by atoms with E-state index in [9.17, 15) is 4.79 Å². The molecule has 3 nitrogen and oxygen atoms in total. The van der Waals surface area contributed by atoms with Crippen molar-refractivity contribution < 1.29 is 9.53 Å². The fourth-order valence-electron chi connectivity index (χ4n) is 1.53. The Kier molecular flexibility index (Phi) is 3.86. The highest BCUT2D eigenvalue weighted by Crippen LogP contribution is 2.20. The molecule has 0 aliphatic rings. The first kappa shape index (κ1) is 12.0. The molecular formula is C15H13NO2. The zero-order valence-corrected chi connectivity index (χ0v) is 10.0. The molecule has 0 bridgehead atoms. The molecule has 0 atom stereocenters. The van der Waals surface area contributed by atoms with Crippen LogP contribution in [-0.4, -0.2) is 11.0 Å². The summed E-state index contributed by atoms with van der Waals surface area (Å²) in [6.07, 6.45) is 7.32. The number of rotatable bonds is 3. The number of benzene rings is 1. The summed E-state index contributed by atoms with van der Waals surface area (Å²) in [5.74, 6) is 0.238. The van der Waals surface area contributed by atoms with Gasteiger partial charge in [-0.15, -0.1) is 0 Å². The van der Waals surface area contributed by atoms with Crippen molar-refractivity contribution in [1.82, 2.24) is 4.98 Å². The van der Waals surface area contributed by atoms with Crippen molar-refractivity contribution in [2.75, 3.05) is 0 Å². The number of carbonyl (C=O) groups is 1. The Morgan fingerprint density at radius 2 is 2.00 bits per heavy atom. The maximum Gasteiger partial charge on any atom is 0.308 e. The number of hydrogen-bond donors (Lipinski definition) is 0. The molecule has 0 aliphatic carbocycles. The Labute approximate surface area is 106 Å². The molecule has 0 saturated carbocycles. The zero-order valence-electron chi connectivity index (χ0n) is 10.0. The summed E-state index contributed by atoms with van der Waals surface area (Å²) < 4.78 is 5.13. The summed E-state index contributed by atoms with van der Waals surface area (Å²) in [5, 5.41) is 0. The van der Waals surface area contributed by atoms with E-state index >= 15 is 0 Å². The second kappa shape index (κ2) is 5.77. The van der Waals surface area contributed by atoms with Gasteiger partial charge >= 0.3 is 5.97 Å². The highest BCUT2D eigenvalue weighted by Gasteiger charge is 2.02. The van der Waals surface area contributed by atoms with Crippen molar-refractivity contribution in [3.05, 3.63) is 59.9 Å². The van der Waals surface area contributed by atoms with Crippen LogP contribution in [0.4, 0.5) is 0 Å². The minimum Gasteiger partial charge on any atom is -0.426 e. The Bertz CT molecular complexity index is 562. The van der Waals surface area contributed by atoms with E-state index in [2.05, 4.69) is 4.98 Å². The fraction of sp³-hybridized carbons (Fsp3) is 0.0667. The topological polar surface area (TPSA) is 39.2 Å². The van der Waals surface area contributed by atoms with Crippen molar-refractivity contribution in [2.45, 2.75) is 6.92 Å². The lowest BCUT2D eigenvalue weighted by atomic mass is 10.1. The van der Waals surface area contributed by atoms with E-state index in [4.69, 9.17) is 4.74 Å². The van der Waals surface area contributed by atoms with E-state index in [0.717, 1.165) is 11.1 Å². The molecular weight excluding hydrogens is 226 g/mol. The molecule has 0 radical (unpaired) electrons. The van der Waals surface area contributed by atoms with E-state index in [1.54, 1.807) is 18.5 Å². The Morgan fingerprint density at radius 1 is 1.17 bits per heavy atom. The van der Waals surface area contributed by atoms with Crippen LogP contribution in [0.2, 0.25) is 0 Å². The predicted molar refractivity (Wildman–Crippen MR) is 70.9 cm³/mol. The molecule has 0 spiro atoms. The second-order valence-corrected chi connectivity index (χ2v) is 3.75. The molecule has 18 heavy (non-hydrogen) atoms. The molecule has 0 amide bonds. The smallest absolute Gasteiger partial charge is 0.308 e. The molecule has 0 aliphatic heterocycles. The third-order valence-electron chi connectivity index (χ3n) is 2.31. The van der Waals surface area contributed by atoms with Crippen LogP contribution in [0.3, 0.4) is 0 Å². The molecule has 90 valence electrons. The predicted octanol–water partition coefficient (Wildman–Crippen LogP) is 3.18. The van der Waals surface area contributed by atoms with Crippen molar-refractivity contribution in [3.63, 3.8) is 0 Å². The van der Waals surface area contributed by atoms with Gasteiger partial charge in [-0.05, 0) is 17.7 Å². The van der Waals surface area contributed by atoms with Gasteiger partial charge in [-0.2, -0.15) is 0 Å². The number of pyridine rings is 1. The number of carbonyl (C=O) groups excluding carboxylic acids is 1. The summed E-state index contributed by atoms with van der Waals surface area (Å²) in [4.78, 5) is 15.0. The summed E-state index contributed by atoms with van der Waals surface area (Å²) >= 11 is 0. The lowest BCUT2D eigenvalue weighted by Gasteiger charge is -2.04. The SMILES string of the molecule is CC(=O)Oc1ccccc1C=Cc1cccnc1. The molecule has 3 heteroatoms. The molecule has 2 rings (SSSR count). The van der Waals surface area contributed by atoms with Crippen LogP contribution in [0.15, 0.2) is 48.8 Å². The standard InChI is InChI=1S/C15H13NO2/c1-12(17)18-15-7-3-2-6-14(15)9-8-13-5-4-10-16-11-13/h2-11H,1H3. The summed E-state index contributed by atoms with van der Waals surface area (Å²) in [5.41, 5.74) is 1.85. The summed E-state index contributed by atoms with van der Waals surface area (Å²) in [6.45, 7) is 1.39. The number of hydrogen-bond acceptors (Lipinski definition) is 3. The summed E-state index contributed by atoms with van der Waals surface area (Å²) in [7, 11) is 0. The quantitative estimate of drug-likeness (QED) is 0.610. The zero-order chi connectivity index (χ0) is 12.8. The first-order chi connectivity index (χ1) is 8.75. The average molecular weight is 239 g/mol. The lowest BCUT2D eigenvalue weighted by molar-refractivity contribution is -0.131.